The average molecular weight is 414 g/mol. The van der Waals surface area contributed by atoms with Gasteiger partial charge in [0.2, 0.25) is 11.8 Å². The fourth-order valence-corrected chi connectivity index (χ4v) is 3.98. The van der Waals surface area contributed by atoms with Crippen molar-refractivity contribution in [3.8, 4) is 11.5 Å². The van der Waals surface area contributed by atoms with Gasteiger partial charge in [0.1, 0.15) is 11.8 Å². The lowest BCUT2D eigenvalue weighted by molar-refractivity contribution is 0.444. The maximum atomic E-state index is 5.93. The highest BCUT2D eigenvalue weighted by Crippen LogP contribution is 2.35. The molecule has 4 heterocycles. The van der Waals surface area contributed by atoms with Crippen LogP contribution in [0.3, 0.4) is 0 Å². The van der Waals surface area contributed by atoms with Crippen LogP contribution >= 0.6 is 23.4 Å². The molecule has 0 aromatic carbocycles. The second kappa shape index (κ2) is 7.40. The Labute approximate surface area is 170 Å². The Morgan fingerprint density at radius 1 is 1.14 bits per heavy atom. The van der Waals surface area contributed by atoms with E-state index in [4.69, 9.17) is 21.1 Å². The summed E-state index contributed by atoms with van der Waals surface area (Å²) >= 11 is 7.54. The smallest absolute Gasteiger partial charge is 0.247 e. The minimum atomic E-state index is 0.392. The Hall–Kier alpha value is -2.65. The molecule has 10 heteroatoms. The van der Waals surface area contributed by atoms with Crippen molar-refractivity contribution in [3.05, 3.63) is 53.9 Å². The first-order valence-electron chi connectivity index (χ1n) is 8.86. The van der Waals surface area contributed by atoms with Gasteiger partial charge in [-0.3, -0.25) is 4.98 Å². The van der Waals surface area contributed by atoms with Crippen LogP contribution < -0.4 is 5.01 Å². The molecule has 0 atom stereocenters. The van der Waals surface area contributed by atoms with Crippen molar-refractivity contribution in [2.24, 2.45) is 5.10 Å². The number of halogens is 1. The SMILES string of the molecule is Clc1cc(-c2nnc(CSC3=NN(c4ccncc4)CN3C3CC3)o2)ccn1. The molecule has 1 aliphatic heterocycles. The minimum Gasteiger partial charge on any atom is -0.420 e. The van der Waals surface area contributed by atoms with Crippen LogP contribution in [-0.2, 0) is 5.75 Å². The van der Waals surface area contributed by atoms with Gasteiger partial charge in [-0.25, -0.2) is 9.99 Å². The first-order valence-corrected chi connectivity index (χ1v) is 10.2. The first-order chi connectivity index (χ1) is 13.8. The van der Waals surface area contributed by atoms with E-state index in [1.807, 2.05) is 17.1 Å². The van der Waals surface area contributed by atoms with E-state index >= 15 is 0 Å². The Balaban J connectivity index is 1.30. The molecule has 1 saturated carbocycles. The van der Waals surface area contributed by atoms with E-state index in [1.54, 1.807) is 42.5 Å². The molecule has 0 spiro atoms. The summed E-state index contributed by atoms with van der Waals surface area (Å²) in [5, 5.41) is 16.4. The second-order valence-corrected chi connectivity index (χ2v) is 7.82. The number of thioether (sulfide) groups is 1. The van der Waals surface area contributed by atoms with Crippen LogP contribution in [0.4, 0.5) is 5.69 Å². The molecule has 0 saturated heterocycles. The third-order valence-corrected chi connectivity index (χ3v) is 5.62. The van der Waals surface area contributed by atoms with Gasteiger partial charge in [-0.2, -0.15) is 0 Å². The van der Waals surface area contributed by atoms with E-state index in [0.29, 0.717) is 28.7 Å². The molecule has 0 bridgehead atoms. The summed E-state index contributed by atoms with van der Waals surface area (Å²) in [5.74, 6) is 1.54. The summed E-state index contributed by atoms with van der Waals surface area (Å²) in [4.78, 5) is 10.4. The standard InChI is InChI=1S/C18H16ClN7OS/c19-15-9-12(3-8-21-15)17-23-22-16(27-17)10-28-18-24-26(11-25(18)13-1-2-13)14-4-6-20-7-5-14/h3-9,13H,1-2,10-11H2. The predicted molar refractivity (Wildman–Crippen MR) is 108 cm³/mol. The fourth-order valence-electron chi connectivity index (χ4n) is 2.91. The van der Waals surface area contributed by atoms with Crippen molar-refractivity contribution in [2.45, 2.75) is 24.6 Å². The number of rotatable bonds is 5. The normalized spacial score (nSPS) is 16.5. The van der Waals surface area contributed by atoms with Crippen molar-refractivity contribution < 1.29 is 4.42 Å². The third-order valence-electron chi connectivity index (χ3n) is 4.45. The van der Waals surface area contributed by atoms with Gasteiger partial charge in [0.15, 0.2) is 5.17 Å². The molecule has 28 heavy (non-hydrogen) atoms. The van der Waals surface area contributed by atoms with E-state index in [0.717, 1.165) is 23.1 Å². The fraction of sp³-hybridized carbons (Fsp3) is 0.278. The quantitative estimate of drug-likeness (QED) is 0.586. The van der Waals surface area contributed by atoms with Gasteiger partial charge in [0.25, 0.3) is 0 Å². The maximum absolute atomic E-state index is 5.93. The molecule has 0 unspecified atom stereocenters. The zero-order valence-electron chi connectivity index (χ0n) is 14.8. The number of nitrogens with zero attached hydrogens (tertiary/aromatic N) is 7. The van der Waals surface area contributed by atoms with E-state index < -0.39 is 0 Å². The molecular formula is C18H16ClN7OS. The Bertz CT molecular complexity index is 1010. The lowest BCUT2D eigenvalue weighted by Gasteiger charge is -2.20. The zero-order chi connectivity index (χ0) is 18.9. The van der Waals surface area contributed by atoms with Crippen molar-refractivity contribution in [1.82, 2.24) is 25.1 Å². The summed E-state index contributed by atoms with van der Waals surface area (Å²) < 4.78 is 5.78. The van der Waals surface area contributed by atoms with E-state index in [1.165, 1.54) is 12.8 Å². The summed E-state index contributed by atoms with van der Waals surface area (Å²) in [6, 6.07) is 7.99. The van der Waals surface area contributed by atoms with Gasteiger partial charge in [0.05, 0.1) is 11.4 Å². The van der Waals surface area contributed by atoms with Gasteiger partial charge in [-0.05, 0) is 37.1 Å². The summed E-state index contributed by atoms with van der Waals surface area (Å²) in [5.41, 5.74) is 1.79. The van der Waals surface area contributed by atoms with E-state index in [2.05, 4.69) is 25.1 Å². The van der Waals surface area contributed by atoms with E-state index in [-0.39, 0.29) is 0 Å². The number of aromatic nitrogens is 4. The molecule has 0 N–H and O–H groups in total. The summed E-state index contributed by atoms with van der Waals surface area (Å²) in [6.07, 6.45) is 7.59. The van der Waals surface area contributed by atoms with Crippen LogP contribution in [0, 0.1) is 0 Å². The van der Waals surface area contributed by atoms with Crippen LogP contribution in [-0.4, -0.2) is 42.9 Å². The highest BCUT2D eigenvalue weighted by Gasteiger charge is 2.36. The number of hydrazone groups is 1. The lowest BCUT2D eigenvalue weighted by Crippen LogP contribution is -2.31. The molecular weight excluding hydrogens is 398 g/mol. The summed E-state index contributed by atoms with van der Waals surface area (Å²) in [6.45, 7) is 0.752. The Morgan fingerprint density at radius 2 is 2.00 bits per heavy atom. The molecule has 2 aliphatic rings. The van der Waals surface area contributed by atoms with Gasteiger partial charge in [-0.1, -0.05) is 23.4 Å². The highest BCUT2D eigenvalue weighted by atomic mass is 35.5. The number of pyridine rings is 2. The molecule has 0 radical (unpaired) electrons. The molecule has 1 aliphatic carbocycles. The average Bonchev–Trinajstić information content (AvgIpc) is 3.30. The van der Waals surface area contributed by atoms with Gasteiger partial charge >= 0.3 is 0 Å². The van der Waals surface area contributed by atoms with Gasteiger partial charge in [-0.15, -0.1) is 15.3 Å². The minimum absolute atomic E-state index is 0.392. The van der Waals surface area contributed by atoms with Crippen LogP contribution in [0.25, 0.3) is 11.5 Å². The molecule has 3 aromatic heterocycles. The molecule has 8 nitrogen and oxygen atoms in total. The molecule has 5 rings (SSSR count). The van der Waals surface area contributed by atoms with Crippen molar-refractivity contribution in [1.29, 1.82) is 0 Å². The maximum Gasteiger partial charge on any atom is 0.247 e. The molecule has 1 fully saturated rings. The second-order valence-electron chi connectivity index (χ2n) is 6.49. The van der Waals surface area contributed by atoms with Crippen molar-refractivity contribution in [2.75, 3.05) is 11.7 Å². The zero-order valence-corrected chi connectivity index (χ0v) is 16.3. The van der Waals surface area contributed by atoms with Crippen molar-refractivity contribution >= 4 is 34.2 Å². The van der Waals surface area contributed by atoms with Gasteiger partial charge < -0.3 is 9.32 Å². The first kappa shape index (κ1) is 17.4. The largest absolute Gasteiger partial charge is 0.420 e. The third kappa shape index (κ3) is 3.67. The van der Waals surface area contributed by atoms with E-state index in [9.17, 15) is 0 Å². The Kier molecular flexibility index (Phi) is 4.61. The van der Waals surface area contributed by atoms with Crippen LogP contribution in [0.2, 0.25) is 5.15 Å². The van der Waals surface area contributed by atoms with Crippen molar-refractivity contribution in [3.63, 3.8) is 0 Å². The summed E-state index contributed by atoms with van der Waals surface area (Å²) in [7, 11) is 0. The monoisotopic (exact) mass is 413 g/mol. The topological polar surface area (TPSA) is 83.5 Å². The van der Waals surface area contributed by atoms with Gasteiger partial charge in [0, 0.05) is 30.2 Å². The number of anilines is 1. The highest BCUT2D eigenvalue weighted by molar-refractivity contribution is 8.13. The number of hydrogen-bond donors (Lipinski definition) is 0. The van der Waals surface area contributed by atoms with Crippen LogP contribution in [0.1, 0.15) is 18.7 Å². The predicted octanol–water partition coefficient (Wildman–Crippen LogP) is 3.63. The lowest BCUT2D eigenvalue weighted by atomic mass is 10.3. The molecule has 142 valence electrons. The van der Waals surface area contributed by atoms with Crippen LogP contribution in [0.15, 0.2) is 52.4 Å². The van der Waals surface area contributed by atoms with Crippen LogP contribution in [0.5, 0.6) is 0 Å². The molecule has 3 aromatic rings. The Morgan fingerprint density at radius 3 is 2.79 bits per heavy atom. The number of amidine groups is 1. The number of hydrogen-bond acceptors (Lipinski definition) is 9. The molecule has 0 amide bonds.